The lowest BCUT2D eigenvalue weighted by molar-refractivity contribution is -0.0900. The van der Waals surface area contributed by atoms with Crippen LogP contribution in [0.3, 0.4) is 0 Å². The summed E-state index contributed by atoms with van der Waals surface area (Å²) in [7, 11) is 0. The Bertz CT molecular complexity index is 174. The van der Waals surface area contributed by atoms with Crippen LogP contribution >= 0.6 is 0 Å². The molecular formula is C10H24O10. The first kappa shape index (κ1) is 21.9. The molecule has 0 aliphatic carbocycles. The Morgan fingerprint density at radius 2 is 0.550 bits per heavy atom. The quantitative estimate of drug-likeness (QED) is 0.206. The second kappa shape index (κ2) is 12.3. The molecule has 5 atom stereocenters. The maximum atomic E-state index is 8.77. The predicted octanol–water partition coefficient (Wildman–Crippen LogP) is -5.89. The molecule has 10 heteroatoms. The number of aliphatic hydroxyl groups is 10. The average molecular weight is 304 g/mol. The Kier molecular flexibility index (Phi) is 13.5. The van der Waals surface area contributed by atoms with Crippen LogP contribution in [0.5, 0.6) is 0 Å². The SMILES string of the molecule is OCC(O)C(O)C(O)CO.OC[C@@H](O)C(O)[C@@H](O)CO. The molecule has 0 fully saturated rings. The van der Waals surface area contributed by atoms with Crippen LogP contribution in [0.15, 0.2) is 0 Å². The van der Waals surface area contributed by atoms with Gasteiger partial charge >= 0.3 is 0 Å². The van der Waals surface area contributed by atoms with Crippen molar-refractivity contribution in [2.75, 3.05) is 26.4 Å². The van der Waals surface area contributed by atoms with Gasteiger partial charge in [0.05, 0.1) is 26.4 Å². The molecule has 0 aliphatic rings. The van der Waals surface area contributed by atoms with Crippen LogP contribution in [0.4, 0.5) is 0 Å². The van der Waals surface area contributed by atoms with Gasteiger partial charge in [-0.2, -0.15) is 0 Å². The highest BCUT2D eigenvalue weighted by atomic mass is 16.4. The van der Waals surface area contributed by atoms with Crippen molar-refractivity contribution in [3.63, 3.8) is 0 Å². The van der Waals surface area contributed by atoms with Crippen LogP contribution in [0.25, 0.3) is 0 Å². The van der Waals surface area contributed by atoms with E-state index in [0.29, 0.717) is 0 Å². The molecule has 0 saturated heterocycles. The first-order valence-corrected chi connectivity index (χ1v) is 5.78. The van der Waals surface area contributed by atoms with E-state index < -0.39 is 63.1 Å². The molecule has 3 unspecified atom stereocenters. The minimum absolute atomic E-state index is 0.641. The minimum atomic E-state index is -1.49. The molecule has 0 bridgehead atoms. The van der Waals surface area contributed by atoms with Crippen molar-refractivity contribution in [2.24, 2.45) is 0 Å². The Morgan fingerprint density at radius 1 is 0.400 bits per heavy atom. The molecule has 0 spiro atoms. The lowest BCUT2D eigenvalue weighted by Gasteiger charge is -2.19. The van der Waals surface area contributed by atoms with Gasteiger partial charge in [-0.3, -0.25) is 0 Å². The zero-order valence-corrected chi connectivity index (χ0v) is 10.8. The zero-order chi connectivity index (χ0) is 16.3. The minimum Gasteiger partial charge on any atom is -0.394 e. The summed E-state index contributed by atoms with van der Waals surface area (Å²) in [6.07, 6.45) is -8.58. The van der Waals surface area contributed by atoms with E-state index in [4.69, 9.17) is 51.1 Å². The fraction of sp³-hybridized carbons (Fsp3) is 1.00. The van der Waals surface area contributed by atoms with Gasteiger partial charge in [0.1, 0.15) is 36.6 Å². The third-order valence-corrected chi connectivity index (χ3v) is 2.33. The third-order valence-electron chi connectivity index (χ3n) is 2.33. The molecule has 124 valence electrons. The maximum Gasteiger partial charge on any atom is 0.110 e. The number of hydrogen-bond donors (Lipinski definition) is 10. The van der Waals surface area contributed by atoms with E-state index in [1.807, 2.05) is 0 Å². The largest absolute Gasteiger partial charge is 0.394 e. The van der Waals surface area contributed by atoms with Crippen molar-refractivity contribution < 1.29 is 51.1 Å². The molecule has 0 amide bonds. The second-order valence-corrected chi connectivity index (χ2v) is 3.98. The van der Waals surface area contributed by atoms with Gasteiger partial charge in [0.2, 0.25) is 0 Å². The number of aliphatic hydroxyl groups excluding tert-OH is 10. The highest BCUT2D eigenvalue weighted by Gasteiger charge is 2.23. The highest BCUT2D eigenvalue weighted by Crippen LogP contribution is 1.98. The van der Waals surface area contributed by atoms with E-state index in [-0.39, 0.29) is 0 Å². The smallest absolute Gasteiger partial charge is 0.110 e. The van der Waals surface area contributed by atoms with Gasteiger partial charge in [-0.25, -0.2) is 0 Å². The zero-order valence-electron chi connectivity index (χ0n) is 10.8. The Balaban J connectivity index is 0. The maximum absolute atomic E-state index is 8.77. The lowest BCUT2D eigenvalue weighted by Crippen LogP contribution is -2.41. The van der Waals surface area contributed by atoms with Crippen molar-refractivity contribution in [3.05, 3.63) is 0 Å². The summed E-state index contributed by atoms with van der Waals surface area (Å²) in [5, 5.41) is 85.1. The summed E-state index contributed by atoms with van der Waals surface area (Å²) in [4.78, 5) is 0. The molecule has 0 heterocycles. The van der Waals surface area contributed by atoms with Gasteiger partial charge in [0.15, 0.2) is 0 Å². The Morgan fingerprint density at radius 3 is 0.650 bits per heavy atom. The normalized spacial score (nSPS) is 20.1. The van der Waals surface area contributed by atoms with Gasteiger partial charge in [-0.1, -0.05) is 0 Å². The Labute approximate surface area is 115 Å². The van der Waals surface area contributed by atoms with Crippen LogP contribution in [0.1, 0.15) is 0 Å². The van der Waals surface area contributed by atoms with Crippen molar-refractivity contribution in [3.8, 4) is 0 Å². The van der Waals surface area contributed by atoms with E-state index in [9.17, 15) is 0 Å². The van der Waals surface area contributed by atoms with E-state index >= 15 is 0 Å². The molecular weight excluding hydrogens is 280 g/mol. The van der Waals surface area contributed by atoms with Gasteiger partial charge < -0.3 is 51.1 Å². The molecule has 0 aromatic heterocycles. The summed E-state index contributed by atoms with van der Waals surface area (Å²) < 4.78 is 0. The molecule has 0 rings (SSSR count). The van der Waals surface area contributed by atoms with Crippen molar-refractivity contribution >= 4 is 0 Å². The van der Waals surface area contributed by atoms with Crippen molar-refractivity contribution in [2.45, 2.75) is 36.6 Å². The van der Waals surface area contributed by atoms with Crippen molar-refractivity contribution in [1.29, 1.82) is 0 Å². The summed E-state index contributed by atoms with van der Waals surface area (Å²) >= 11 is 0. The molecule has 0 aromatic carbocycles. The summed E-state index contributed by atoms with van der Waals surface area (Å²) in [6.45, 7) is -2.56. The van der Waals surface area contributed by atoms with Gasteiger partial charge in [0.25, 0.3) is 0 Å². The standard InChI is InChI=1S/2C5H12O5/c2*6-1-3(8)5(10)4(9)2-7/h2*3-10H,1-2H2/t3-,4+,5?;. The fourth-order valence-corrected chi connectivity index (χ4v) is 0.945. The summed E-state index contributed by atoms with van der Waals surface area (Å²) in [6, 6.07) is 0. The molecule has 20 heavy (non-hydrogen) atoms. The molecule has 0 aliphatic heterocycles. The lowest BCUT2D eigenvalue weighted by atomic mass is 10.1. The van der Waals surface area contributed by atoms with E-state index in [1.54, 1.807) is 0 Å². The summed E-state index contributed by atoms with van der Waals surface area (Å²) in [5.41, 5.74) is 0. The van der Waals surface area contributed by atoms with Gasteiger partial charge in [-0.15, -0.1) is 0 Å². The van der Waals surface area contributed by atoms with E-state index in [2.05, 4.69) is 0 Å². The average Bonchev–Trinajstić information content (AvgIpc) is 2.50. The van der Waals surface area contributed by atoms with Crippen molar-refractivity contribution in [1.82, 2.24) is 0 Å². The first-order valence-electron chi connectivity index (χ1n) is 5.78. The monoisotopic (exact) mass is 304 g/mol. The highest BCUT2D eigenvalue weighted by molar-refractivity contribution is 4.73. The van der Waals surface area contributed by atoms with Crippen LogP contribution in [-0.4, -0.2) is 114 Å². The topological polar surface area (TPSA) is 202 Å². The predicted molar refractivity (Wildman–Crippen MR) is 64.4 cm³/mol. The van der Waals surface area contributed by atoms with Gasteiger partial charge in [-0.05, 0) is 0 Å². The third kappa shape index (κ3) is 8.71. The van der Waals surface area contributed by atoms with Crippen LogP contribution < -0.4 is 0 Å². The van der Waals surface area contributed by atoms with E-state index in [1.165, 1.54) is 0 Å². The fourth-order valence-electron chi connectivity index (χ4n) is 0.945. The number of hydrogen-bond acceptors (Lipinski definition) is 10. The summed E-state index contributed by atoms with van der Waals surface area (Å²) in [5.74, 6) is 0. The molecule has 0 aromatic rings. The molecule has 10 N–H and O–H groups in total. The van der Waals surface area contributed by atoms with Crippen LogP contribution in [-0.2, 0) is 0 Å². The molecule has 10 nitrogen and oxygen atoms in total. The van der Waals surface area contributed by atoms with Crippen LogP contribution in [0, 0.1) is 0 Å². The van der Waals surface area contributed by atoms with Crippen LogP contribution in [0.2, 0.25) is 0 Å². The number of rotatable bonds is 8. The molecule has 0 radical (unpaired) electrons. The Hall–Kier alpha value is -0.400. The van der Waals surface area contributed by atoms with E-state index in [0.717, 1.165) is 0 Å². The molecule has 0 saturated carbocycles. The first-order chi connectivity index (χ1) is 9.26. The van der Waals surface area contributed by atoms with Gasteiger partial charge in [0, 0.05) is 0 Å². The second-order valence-electron chi connectivity index (χ2n) is 3.98.